The maximum Gasteiger partial charge on any atom is 0.320 e. The summed E-state index contributed by atoms with van der Waals surface area (Å²) in [6.07, 6.45) is 5.55. The van der Waals surface area contributed by atoms with Gasteiger partial charge in [0, 0.05) is 44.9 Å². The van der Waals surface area contributed by atoms with E-state index < -0.39 is 0 Å². The fourth-order valence-corrected chi connectivity index (χ4v) is 6.29. The fraction of sp³-hybridized carbons (Fsp3) is 0.500. The first-order chi connectivity index (χ1) is 15.7. The monoisotopic (exact) mass is 430 g/mol. The third-order valence-electron chi connectivity index (χ3n) is 8.04. The van der Waals surface area contributed by atoms with Crippen molar-refractivity contribution in [1.29, 1.82) is 0 Å². The summed E-state index contributed by atoms with van der Waals surface area (Å²) in [4.78, 5) is 29.3. The number of ketones is 1. The minimum atomic E-state index is 0.191. The third-order valence-corrected chi connectivity index (χ3v) is 8.04. The Balaban J connectivity index is 1.24. The molecule has 0 spiro atoms. The lowest BCUT2D eigenvalue weighted by atomic mass is 9.74. The van der Waals surface area contributed by atoms with Gasteiger partial charge in [-0.25, -0.2) is 4.79 Å². The van der Waals surface area contributed by atoms with Crippen LogP contribution >= 0.6 is 0 Å². The molecule has 1 saturated carbocycles. The van der Waals surface area contributed by atoms with E-state index in [-0.39, 0.29) is 6.03 Å². The highest BCUT2D eigenvalue weighted by Crippen LogP contribution is 2.39. The van der Waals surface area contributed by atoms with Crippen LogP contribution in [0.2, 0.25) is 0 Å². The van der Waals surface area contributed by atoms with Gasteiger partial charge in [-0.05, 0) is 54.6 Å². The highest BCUT2D eigenvalue weighted by atomic mass is 16.2. The lowest BCUT2D eigenvalue weighted by Crippen LogP contribution is -2.52. The number of amides is 2. The molecule has 2 heterocycles. The van der Waals surface area contributed by atoms with Crippen molar-refractivity contribution in [2.45, 2.75) is 44.4 Å². The Labute approximate surface area is 191 Å². The maximum atomic E-state index is 13.3. The Morgan fingerprint density at radius 1 is 0.750 bits per heavy atom. The Kier molecular flexibility index (Phi) is 6.29. The van der Waals surface area contributed by atoms with Crippen molar-refractivity contribution >= 4 is 11.8 Å². The number of carbonyl (C=O) groups is 2. The van der Waals surface area contributed by atoms with Crippen LogP contribution in [0.4, 0.5) is 4.79 Å². The second kappa shape index (κ2) is 9.48. The molecule has 32 heavy (non-hydrogen) atoms. The lowest BCUT2D eigenvalue weighted by Gasteiger charge is -2.44. The van der Waals surface area contributed by atoms with Crippen LogP contribution in [-0.2, 0) is 4.79 Å². The Bertz CT molecular complexity index is 881. The molecule has 0 N–H and O–H groups in total. The quantitative estimate of drug-likeness (QED) is 0.659. The molecule has 4 heteroatoms. The summed E-state index contributed by atoms with van der Waals surface area (Å²) in [5.74, 6) is 2.31. The molecule has 2 aromatic carbocycles. The highest BCUT2D eigenvalue weighted by molar-refractivity contribution is 5.80. The van der Waals surface area contributed by atoms with Crippen LogP contribution < -0.4 is 0 Å². The third kappa shape index (κ3) is 4.46. The van der Waals surface area contributed by atoms with Crippen LogP contribution in [0.3, 0.4) is 0 Å². The SMILES string of the molecule is O=C1CC[C@H]2CCN(C(=O)N3CCC(C(c4ccccc4)c4ccccc4)CC3)C[C@H]2C1. The average molecular weight is 431 g/mol. The van der Waals surface area contributed by atoms with Crippen LogP contribution in [0.1, 0.15) is 55.6 Å². The van der Waals surface area contributed by atoms with Gasteiger partial charge in [0.2, 0.25) is 0 Å². The van der Waals surface area contributed by atoms with Crippen molar-refractivity contribution < 1.29 is 9.59 Å². The van der Waals surface area contributed by atoms with Gasteiger partial charge in [-0.15, -0.1) is 0 Å². The second-order valence-electron chi connectivity index (χ2n) is 9.94. The van der Waals surface area contributed by atoms with E-state index in [4.69, 9.17) is 0 Å². The molecule has 0 radical (unpaired) electrons. The van der Waals surface area contributed by atoms with Crippen LogP contribution in [0.5, 0.6) is 0 Å². The summed E-state index contributed by atoms with van der Waals surface area (Å²) in [5.41, 5.74) is 2.74. The summed E-state index contributed by atoms with van der Waals surface area (Å²) in [6, 6.07) is 21.8. The summed E-state index contributed by atoms with van der Waals surface area (Å²) in [7, 11) is 0. The Morgan fingerprint density at radius 3 is 1.97 bits per heavy atom. The first-order valence-corrected chi connectivity index (χ1v) is 12.3. The number of Topliss-reactive ketones (excluding diaryl/α,β-unsaturated/α-hetero) is 1. The van der Waals surface area contributed by atoms with Crippen molar-refractivity contribution in [3.8, 4) is 0 Å². The van der Waals surface area contributed by atoms with Gasteiger partial charge in [-0.1, -0.05) is 60.7 Å². The van der Waals surface area contributed by atoms with E-state index in [2.05, 4.69) is 65.6 Å². The number of urea groups is 1. The first kappa shape index (κ1) is 21.2. The highest BCUT2D eigenvalue weighted by Gasteiger charge is 2.38. The number of carbonyl (C=O) groups excluding carboxylic acids is 2. The molecule has 0 aromatic heterocycles. The van der Waals surface area contributed by atoms with E-state index in [0.29, 0.717) is 35.9 Å². The van der Waals surface area contributed by atoms with E-state index in [9.17, 15) is 9.59 Å². The molecule has 2 saturated heterocycles. The number of hydrogen-bond acceptors (Lipinski definition) is 2. The van der Waals surface area contributed by atoms with Gasteiger partial charge in [0.05, 0.1) is 0 Å². The molecule has 2 aliphatic heterocycles. The molecule has 2 amide bonds. The number of benzene rings is 2. The summed E-state index contributed by atoms with van der Waals surface area (Å²) >= 11 is 0. The standard InChI is InChI=1S/C28H34N2O2/c31-26-12-11-21-13-18-30(20-25(21)19-26)28(32)29-16-14-24(15-17-29)27(22-7-3-1-4-8-22)23-9-5-2-6-10-23/h1-10,21,24-25,27H,11-20H2/t21-,25+/m0/s1. The van der Waals surface area contributed by atoms with Gasteiger partial charge < -0.3 is 9.80 Å². The lowest BCUT2D eigenvalue weighted by molar-refractivity contribution is -0.123. The Hall–Kier alpha value is -2.62. The molecule has 3 aliphatic rings. The normalized spacial score (nSPS) is 24.5. The zero-order valence-electron chi connectivity index (χ0n) is 18.9. The minimum Gasteiger partial charge on any atom is -0.325 e. The largest absolute Gasteiger partial charge is 0.325 e. The average Bonchev–Trinajstić information content (AvgIpc) is 2.85. The van der Waals surface area contributed by atoms with E-state index in [1.54, 1.807) is 0 Å². The van der Waals surface area contributed by atoms with Gasteiger partial charge in [-0.3, -0.25) is 4.79 Å². The molecule has 3 fully saturated rings. The zero-order chi connectivity index (χ0) is 21.9. The molecule has 2 atom stereocenters. The molecule has 168 valence electrons. The van der Waals surface area contributed by atoms with Crippen LogP contribution in [0, 0.1) is 17.8 Å². The predicted octanol–water partition coefficient (Wildman–Crippen LogP) is 5.34. The second-order valence-corrected chi connectivity index (χ2v) is 9.94. The minimum absolute atomic E-state index is 0.191. The van der Waals surface area contributed by atoms with Gasteiger partial charge in [-0.2, -0.15) is 0 Å². The van der Waals surface area contributed by atoms with Crippen molar-refractivity contribution in [1.82, 2.24) is 9.80 Å². The van der Waals surface area contributed by atoms with E-state index in [1.165, 1.54) is 11.1 Å². The molecule has 5 rings (SSSR count). The summed E-state index contributed by atoms with van der Waals surface area (Å²) < 4.78 is 0. The van der Waals surface area contributed by atoms with Gasteiger partial charge >= 0.3 is 6.03 Å². The summed E-state index contributed by atoms with van der Waals surface area (Å²) in [6.45, 7) is 3.27. The van der Waals surface area contributed by atoms with Crippen LogP contribution in [0.25, 0.3) is 0 Å². The number of rotatable bonds is 3. The molecule has 2 aromatic rings. The van der Waals surface area contributed by atoms with Crippen molar-refractivity contribution in [3.05, 3.63) is 71.8 Å². The van der Waals surface area contributed by atoms with E-state index >= 15 is 0 Å². The number of piperidine rings is 2. The number of fused-ring (bicyclic) bond motifs is 1. The molecule has 0 bridgehead atoms. The summed E-state index contributed by atoms with van der Waals surface area (Å²) in [5, 5.41) is 0. The van der Waals surface area contributed by atoms with Crippen LogP contribution in [0.15, 0.2) is 60.7 Å². The molecule has 1 aliphatic carbocycles. The Morgan fingerprint density at radius 2 is 1.34 bits per heavy atom. The fourth-order valence-electron chi connectivity index (χ4n) is 6.29. The van der Waals surface area contributed by atoms with Crippen molar-refractivity contribution in [2.24, 2.45) is 17.8 Å². The topological polar surface area (TPSA) is 40.6 Å². The molecular weight excluding hydrogens is 396 g/mol. The maximum absolute atomic E-state index is 13.3. The number of likely N-dealkylation sites (tertiary alicyclic amines) is 2. The van der Waals surface area contributed by atoms with Crippen molar-refractivity contribution in [2.75, 3.05) is 26.2 Å². The number of hydrogen-bond donors (Lipinski definition) is 0. The zero-order valence-corrected chi connectivity index (χ0v) is 18.9. The van der Waals surface area contributed by atoms with Gasteiger partial charge in [0.1, 0.15) is 5.78 Å². The van der Waals surface area contributed by atoms with E-state index in [0.717, 1.165) is 58.3 Å². The van der Waals surface area contributed by atoms with Gasteiger partial charge in [0.25, 0.3) is 0 Å². The number of nitrogens with zero attached hydrogens (tertiary/aromatic N) is 2. The smallest absolute Gasteiger partial charge is 0.320 e. The van der Waals surface area contributed by atoms with Crippen LogP contribution in [-0.4, -0.2) is 47.8 Å². The van der Waals surface area contributed by atoms with Crippen molar-refractivity contribution in [3.63, 3.8) is 0 Å². The molecule has 0 unspecified atom stereocenters. The predicted molar refractivity (Wildman–Crippen MR) is 126 cm³/mol. The first-order valence-electron chi connectivity index (χ1n) is 12.3. The van der Waals surface area contributed by atoms with E-state index in [1.807, 2.05) is 4.90 Å². The molecule has 4 nitrogen and oxygen atoms in total. The van der Waals surface area contributed by atoms with Gasteiger partial charge in [0.15, 0.2) is 0 Å². The molecular formula is C28H34N2O2.